The Bertz CT molecular complexity index is 650. The Balaban J connectivity index is 1.98. The van der Waals surface area contributed by atoms with Crippen molar-refractivity contribution >= 4 is 17.3 Å². The predicted octanol–water partition coefficient (Wildman–Crippen LogP) is 3.29. The number of nitrogens with zero attached hydrogens (tertiary/aromatic N) is 4. The molecular formula is C18H27N5S. The third-order valence-electron chi connectivity index (χ3n) is 4.04. The van der Waals surface area contributed by atoms with Crippen LogP contribution in [0, 0.1) is 12.8 Å². The molecule has 24 heavy (non-hydrogen) atoms. The fourth-order valence-electron chi connectivity index (χ4n) is 2.72. The lowest BCUT2D eigenvalue weighted by Gasteiger charge is -2.26. The Morgan fingerprint density at radius 1 is 1.42 bits per heavy atom. The van der Waals surface area contributed by atoms with Crippen molar-refractivity contribution in [2.24, 2.45) is 10.9 Å². The number of aromatic nitrogens is 2. The molecule has 0 radical (unpaired) electrons. The van der Waals surface area contributed by atoms with Crippen LogP contribution in [-0.2, 0) is 6.54 Å². The molecule has 5 nitrogen and oxygen atoms in total. The molecule has 0 saturated heterocycles. The highest BCUT2D eigenvalue weighted by Crippen LogP contribution is 2.22. The Hall–Kier alpha value is -1.95. The van der Waals surface area contributed by atoms with Crippen LogP contribution in [0.2, 0.25) is 0 Å². The lowest BCUT2D eigenvalue weighted by atomic mass is 9.89. The van der Waals surface area contributed by atoms with Gasteiger partial charge in [0.15, 0.2) is 5.96 Å². The number of aliphatic imine (C=N–C) groups is 1. The van der Waals surface area contributed by atoms with Gasteiger partial charge in [-0.1, -0.05) is 19.9 Å². The Morgan fingerprint density at radius 2 is 2.21 bits per heavy atom. The largest absolute Gasteiger partial charge is 0.356 e. The van der Waals surface area contributed by atoms with E-state index in [0.29, 0.717) is 11.8 Å². The van der Waals surface area contributed by atoms with Crippen LogP contribution >= 0.6 is 11.3 Å². The summed E-state index contributed by atoms with van der Waals surface area (Å²) >= 11 is 1.68. The molecule has 1 atom stereocenters. The van der Waals surface area contributed by atoms with Gasteiger partial charge < -0.3 is 10.2 Å². The van der Waals surface area contributed by atoms with E-state index in [1.165, 1.54) is 5.56 Å². The van der Waals surface area contributed by atoms with E-state index in [1.807, 2.05) is 39.5 Å². The smallest absolute Gasteiger partial charge is 0.193 e. The first-order valence-corrected chi connectivity index (χ1v) is 9.12. The predicted molar refractivity (Wildman–Crippen MR) is 101 cm³/mol. The molecule has 0 saturated carbocycles. The molecule has 2 heterocycles. The third kappa shape index (κ3) is 5.03. The summed E-state index contributed by atoms with van der Waals surface area (Å²) in [6.45, 7) is 8.09. The fourth-order valence-corrected chi connectivity index (χ4v) is 3.32. The molecule has 0 aliphatic rings. The molecule has 6 heteroatoms. The molecule has 0 aromatic carbocycles. The van der Waals surface area contributed by atoms with Crippen LogP contribution in [0.15, 0.2) is 34.9 Å². The van der Waals surface area contributed by atoms with Gasteiger partial charge in [0.1, 0.15) is 0 Å². The number of rotatable bonds is 6. The van der Waals surface area contributed by atoms with Gasteiger partial charge in [0, 0.05) is 44.3 Å². The van der Waals surface area contributed by atoms with E-state index in [2.05, 4.69) is 50.5 Å². The topological polar surface area (TPSA) is 53.4 Å². The second-order valence-corrected chi connectivity index (χ2v) is 7.34. The van der Waals surface area contributed by atoms with Crippen molar-refractivity contribution in [2.75, 3.05) is 20.6 Å². The van der Waals surface area contributed by atoms with Crippen molar-refractivity contribution in [3.8, 4) is 0 Å². The monoisotopic (exact) mass is 345 g/mol. The van der Waals surface area contributed by atoms with Crippen molar-refractivity contribution < 1.29 is 0 Å². The highest BCUT2D eigenvalue weighted by Gasteiger charge is 2.17. The quantitative estimate of drug-likeness (QED) is 0.645. The number of nitrogens with one attached hydrogen (secondary N) is 1. The van der Waals surface area contributed by atoms with Crippen LogP contribution in [0.1, 0.15) is 36.0 Å². The molecule has 0 spiro atoms. The average Bonchev–Trinajstić information content (AvgIpc) is 2.97. The maximum Gasteiger partial charge on any atom is 0.193 e. The van der Waals surface area contributed by atoms with Gasteiger partial charge in [-0.05, 0) is 24.5 Å². The summed E-state index contributed by atoms with van der Waals surface area (Å²) in [6, 6.07) is 4.14. The zero-order chi connectivity index (χ0) is 17.5. The van der Waals surface area contributed by atoms with E-state index in [-0.39, 0.29) is 0 Å². The molecule has 0 aliphatic carbocycles. The van der Waals surface area contributed by atoms with Crippen LogP contribution in [0.4, 0.5) is 0 Å². The second kappa shape index (κ2) is 8.78. The number of aryl methyl sites for hydroxylation is 1. The van der Waals surface area contributed by atoms with Crippen LogP contribution in [0.3, 0.4) is 0 Å². The molecule has 1 N–H and O–H groups in total. The van der Waals surface area contributed by atoms with Gasteiger partial charge in [-0.3, -0.25) is 9.98 Å². The van der Waals surface area contributed by atoms with Crippen molar-refractivity contribution in [2.45, 2.75) is 33.2 Å². The molecule has 0 aliphatic heterocycles. The molecule has 1 unspecified atom stereocenters. The summed E-state index contributed by atoms with van der Waals surface area (Å²) in [6.07, 6.45) is 3.77. The molecule has 2 rings (SSSR count). The van der Waals surface area contributed by atoms with Gasteiger partial charge >= 0.3 is 0 Å². The molecule has 2 aromatic heterocycles. The average molecular weight is 346 g/mol. The van der Waals surface area contributed by atoms with E-state index in [1.54, 1.807) is 11.3 Å². The van der Waals surface area contributed by atoms with Crippen molar-refractivity contribution in [3.05, 3.63) is 46.2 Å². The first kappa shape index (κ1) is 18.4. The van der Waals surface area contributed by atoms with E-state index < -0.39 is 0 Å². The lowest BCUT2D eigenvalue weighted by Crippen LogP contribution is -2.41. The molecule has 0 bridgehead atoms. The zero-order valence-electron chi connectivity index (χ0n) is 15.2. The van der Waals surface area contributed by atoms with E-state index in [0.717, 1.165) is 29.8 Å². The SMILES string of the molecule is CN=C(NCC(c1cccnc1)C(C)C)N(C)Cc1csc(C)n1. The summed E-state index contributed by atoms with van der Waals surface area (Å²) in [7, 11) is 3.86. The Labute approximate surface area is 148 Å². The number of thiazole rings is 1. The highest BCUT2D eigenvalue weighted by atomic mass is 32.1. The van der Waals surface area contributed by atoms with Gasteiger partial charge in [-0.15, -0.1) is 11.3 Å². The normalized spacial score (nSPS) is 13.2. The zero-order valence-corrected chi connectivity index (χ0v) is 16.0. The minimum Gasteiger partial charge on any atom is -0.356 e. The summed E-state index contributed by atoms with van der Waals surface area (Å²) < 4.78 is 0. The summed E-state index contributed by atoms with van der Waals surface area (Å²) in [5.41, 5.74) is 2.34. The lowest BCUT2D eigenvalue weighted by molar-refractivity contribution is 0.444. The Morgan fingerprint density at radius 3 is 2.75 bits per heavy atom. The first-order valence-electron chi connectivity index (χ1n) is 8.24. The van der Waals surface area contributed by atoms with Crippen molar-refractivity contribution in [1.29, 1.82) is 0 Å². The van der Waals surface area contributed by atoms with Crippen LogP contribution in [0.25, 0.3) is 0 Å². The number of hydrogen-bond acceptors (Lipinski definition) is 4. The number of guanidine groups is 1. The van der Waals surface area contributed by atoms with Crippen LogP contribution in [-0.4, -0.2) is 41.5 Å². The molecule has 2 aromatic rings. The maximum atomic E-state index is 4.52. The highest BCUT2D eigenvalue weighted by molar-refractivity contribution is 7.09. The Kier molecular flexibility index (Phi) is 6.73. The van der Waals surface area contributed by atoms with Gasteiger partial charge in [-0.25, -0.2) is 4.98 Å². The molecule has 130 valence electrons. The summed E-state index contributed by atoms with van der Waals surface area (Å²) in [5.74, 6) is 1.80. The van der Waals surface area contributed by atoms with Crippen molar-refractivity contribution in [3.63, 3.8) is 0 Å². The molecular weight excluding hydrogens is 318 g/mol. The minimum absolute atomic E-state index is 0.394. The van der Waals surface area contributed by atoms with Gasteiger partial charge in [0.2, 0.25) is 0 Å². The first-order chi connectivity index (χ1) is 11.5. The second-order valence-electron chi connectivity index (χ2n) is 6.28. The fraction of sp³-hybridized carbons (Fsp3) is 0.500. The van der Waals surface area contributed by atoms with Crippen LogP contribution in [0.5, 0.6) is 0 Å². The van der Waals surface area contributed by atoms with E-state index >= 15 is 0 Å². The number of pyridine rings is 1. The van der Waals surface area contributed by atoms with Gasteiger partial charge in [0.25, 0.3) is 0 Å². The minimum atomic E-state index is 0.394. The molecule has 0 amide bonds. The standard InChI is InChI=1S/C18H27N5S/c1-13(2)17(15-7-6-8-20-9-15)10-21-18(19-4)23(5)11-16-12-24-14(3)22-16/h6-9,12-13,17H,10-11H2,1-5H3,(H,19,21). The summed E-state index contributed by atoms with van der Waals surface area (Å²) in [5, 5.41) is 6.70. The van der Waals surface area contributed by atoms with Crippen molar-refractivity contribution in [1.82, 2.24) is 20.2 Å². The third-order valence-corrected chi connectivity index (χ3v) is 4.86. The van der Waals surface area contributed by atoms with E-state index in [9.17, 15) is 0 Å². The summed E-state index contributed by atoms with van der Waals surface area (Å²) in [4.78, 5) is 15.3. The maximum absolute atomic E-state index is 4.52. The van der Waals surface area contributed by atoms with Crippen LogP contribution < -0.4 is 5.32 Å². The van der Waals surface area contributed by atoms with Gasteiger partial charge in [0.05, 0.1) is 17.2 Å². The van der Waals surface area contributed by atoms with Gasteiger partial charge in [-0.2, -0.15) is 0 Å². The van der Waals surface area contributed by atoms with E-state index in [4.69, 9.17) is 0 Å². The number of hydrogen-bond donors (Lipinski definition) is 1. The molecule has 0 fully saturated rings.